The van der Waals surface area contributed by atoms with Crippen molar-refractivity contribution in [3.8, 4) is 17.1 Å². The van der Waals surface area contributed by atoms with Crippen LogP contribution >= 0.6 is 0 Å². The van der Waals surface area contributed by atoms with Gasteiger partial charge in [0, 0.05) is 33.4 Å². The molecule has 1 aromatic heterocycles. The molecule has 7 aromatic carbocycles. The second-order valence-electron chi connectivity index (χ2n) is 12.8. The molecule has 1 aliphatic carbocycles. The average Bonchev–Trinajstić information content (AvgIpc) is 3.72. The lowest BCUT2D eigenvalue weighted by atomic mass is 10.0. The smallest absolute Gasteiger partial charge is 0.138 e. The van der Waals surface area contributed by atoms with Gasteiger partial charge in [-0.1, -0.05) is 148 Å². The maximum atomic E-state index is 5.64. The molecule has 0 fully saturated rings. The lowest BCUT2D eigenvalue weighted by molar-refractivity contribution is 0.306. The molecule has 266 valence electrons. The summed E-state index contributed by atoms with van der Waals surface area (Å²) in [7, 11) is 0. The van der Waals surface area contributed by atoms with Crippen LogP contribution in [0.1, 0.15) is 37.8 Å². The number of aromatic amines is 1. The monoisotopic (exact) mass is 703 g/mol. The molecule has 0 spiro atoms. The fourth-order valence-electron chi connectivity index (χ4n) is 6.75. The van der Waals surface area contributed by atoms with E-state index in [9.17, 15) is 0 Å². The molecule has 0 unspecified atom stereocenters. The predicted molar refractivity (Wildman–Crippen MR) is 230 cm³/mol. The maximum Gasteiger partial charge on any atom is 0.138 e. The summed E-state index contributed by atoms with van der Waals surface area (Å²) in [5.74, 6) is 1.79. The van der Waals surface area contributed by atoms with Gasteiger partial charge in [0.2, 0.25) is 0 Å². The zero-order valence-electron chi connectivity index (χ0n) is 31.0. The molecule has 0 aliphatic heterocycles. The van der Waals surface area contributed by atoms with Crippen LogP contribution in [0.5, 0.6) is 5.75 Å². The van der Waals surface area contributed by atoms with Crippen molar-refractivity contribution in [2.75, 3.05) is 4.90 Å². The number of H-pyrrole nitrogens is 1. The van der Waals surface area contributed by atoms with Gasteiger partial charge in [0.05, 0.1) is 11.0 Å². The largest absolute Gasteiger partial charge is 0.489 e. The molecule has 8 aromatic rings. The topological polar surface area (TPSA) is 41.2 Å². The first-order chi connectivity index (χ1) is 26.7. The fourth-order valence-corrected chi connectivity index (χ4v) is 6.75. The number of ether oxygens (including phenoxy) is 1. The van der Waals surface area contributed by atoms with Crippen LogP contribution in [0.3, 0.4) is 0 Å². The van der Waals surface area contributed by atoms with Crippen LogP contribution in [-0.2, 0) is 6.61 Å². The Morgan fingerprint density at radius 1 is 0.648 bits per heavy atom. The molecule has 0 saturated heterocycles. The average molecular weight is 704 g/mol. The van der Waals surface area contributed by atoms with E-state index in [1.165, 1.54) is 27.2 Å². The fraction of sp³-hybridized carbons (Fsp3) is 0.100. The molecule has 54 heavy (non-hydrogen) atoms. The molecule has 1 aliphatic rings. The first-order valence-electron chi connectivity index (χ1n) is 18.8. The van der Waals surface area contributed by atoms with Gasteiger partial charge in [0.25, 0.3) is 0 Å². The summed E-state index contributed by atoms with van der Waals surface area (Å²) in [6.07, 6.45) is 10.8. The number of allylic oxidation sites excluding steroid dienone is 3. The van der Waals surface area contributed by atoms with Gasteiger partial charge in [0.15, 0.2) is 0 Å². The van der Waals surface area contributed by atoms with E-state index in [-0.39, 0.29) is 0 Å². The van der Waals surface area contributed by atoms with Crippen LogP contribution in [-0.4, -0.2) is 9.97 Å². The maximum absolute atomic E-state index is 5.64. The quantitative estimate of drug-likeness (QED) is 0.160. The number of imidazole rings is 1. The molecule has 1 N–H and O–H groups in total. The highest BCUT2D eigenvalue weighted by atomic mass is 16.5. The molecule has 0 atom stereocenters. The zero-order chi connectivity index (χ0) is 37.1. The van der Waals surface area contributed by atoms with Gasteiger partial charge >= 0.3 is 0 Å². The van der Waals surface area contributed by atoms with Crippen molar-refractivity contribution in [2.45, 2.75) is 33.3 Å². The van der Waals surface area contributed by atoms with Gasteiger partial charge in [0.1, 0.15) is 18.2 Å². The minimum atomic E-state index is 0.599. The Labute approximate surface area is 318 Å². The zero-order valence-corrected chi connectivity index (χ0v) is 31.0. The third kappa shape index (κ3) is 7.89. The lowest BCUT2D eigenvalue weighted by Crippen LogP contribution is -2.16. The summed E-state index contributed by atoms with van der Waals surface area (Å²) in [4.78, 5) is 11.1. The summed E-state index contributed by atoms with van der Waals surface area (Å²) in [5.41, 5.74) is 8.97. The second-order valence-corrected chi connectivity index (χ2v) is 12.8. The van der Waals surface area contributed by atoms with Crippen molar-refractivity contribution >= 4 is 50.0 Å². The van der Waals surface area contributed by atoms with Crippen molar-refractivity contribution in [1.29, 1.82) is 0 Å². The normalized spacial score (nSPS) is 11.9. The number of para-hydroxylation sites is 2. The molecule has 0 saturated carbocycles. The Kier molecular flexibility index (Phi) is 11.4. The van der Waals surface area contributed by atoms with Gasteiger partial charge in [-0.3, -0.25) is 0 Å². The Hall–Kier alpha value is -6.65. The molecule has 4 heteroatoms. The lowest BCUT2D eigenvalue weighted by Gasteiger charge is -2.27. The highest BCUT2D eigenvalue weighted by molar-refractivity contribution is 6.23. The first-order valence-corrected chi connectivity index (χ1v) is 18.8. The van der Waals surface area contributed by atoms with Crippen molar-refractivity contribution in [3.05, 3.63) is 199 Å². The number of fused-ring (bicyclic) bond motifs is 6. The van der Waals surface area contributed by atoms with Crippen molar-refractivity contribution < 1.29 is 4.74 Å². The van der Waals surface area contributed by atoms with Crippen LogP contribution < -0.4 is 9.64 Å². The minimum Gasteiger partial charge on any atom is -0.489 e. The second kappa shape index (κ2) is 17.2. The third-order valence-electron chi connectivity index (χ3n) is 9.38. The van der Waals surface area contributed by atoms with Gasteiger partial charge in [-0.2, -0.15) is 0 Å². The van der Waals surface area contributed by atoms with Gasteiger partial charge in [-0.25, -0.2) is 4.98 Å². The summed E-state index contributed by atoms with van der Waals surface area (Å²) in [6, 6.07) is 54.4. The Balaban J connectivity index is 0.000000210. The summed E-state index contributed by atoms with van der Waals surface area (Å²) < 4.78 is 5.64. The summed E-state index contributed by atoms with van der Waals surface area (Å²) in [5, 5.41) is 4.87. The molecule has 0 radical (unpaired) electrons. The number of nitrogens with zero attached hydrogens (tertiary/aromatic N) is 2. The SMILES string of the molecule is C1=CC(N(c2ccccc2)c2ccc(-c3nc4c5ccccc5c5ccccc5c4[nH]3)cc2)=CCC1.C=Cc1ccc(COc2ccccc2)cc1.CC. The third-order valence-corrected chi connectivity index (χ3v) is 9.38. The van der Waals surface area contributed by atoms with E-state index in [2.05, 4.69) is 150 Å². The van der Waals surface area contributed by atoms with Gasteiger partial charge in [-0.05, 0) is 89.3 Å². The van der Waals surface area contributed by atoms with Crippen molar-refractivity contribution in [2.24, 2.45) is 0 Å². The highest BCUT2D eigenvalue weighted by Gasteiger charge is 2.16. The van der Waals surface area contributed by atoms with Crippen molar-refractivity contribution in [1.82, 2.24) is 9.97 Å². The number of anilines is 2. The first kappa shape index (κ1) is 35.7. The van der Waals surface area contributed by atoms with E-state index in [1.54, 1.807) is 0 Å². The molecule has 1 heterocycles. The van der Waals surface area contributed by atoms with Crippen molar-refractivity contribution in [3.63, 3.8) is 0 Å². The molecule has 0 bridgehead atoms. The van der Waals surface area contributed by atoms with E-state index in [0.29, 0.717) is 6.61 Å². The van der Waals surface area contributed by atoms with E-state index >= 15 is 0 Å². The number of nitrogens with one attached hydrogen (secondary N) is 1. The number of aromatic nitrogens is 2. The van der Waals surface area contributed by atoms with Crippen LogP contribution in [0, 0.1) is 0 Å². The van der Waals surface area contributed by atoms with E-state index < -0.39 is 0 Å². The number of hydrogen-bond donors (Lipinski definition) is 1. The minimum absolute atomic E-state index is 0.599. The number of hydrogen-bond acceptors (Lipinski definition) is 3. The van der Waals surface area contributed by atoms with Gasteiger partial charge in [-0.15, -0.1) is 0 Å². The Morgan fingerprint density at radius 3 is 1.89 bits per heavy atom. The molecule has 9 rings (SSSR count). The Bertz CT molecular complexity index is 2440. The van der Waals surface area contributed by atoms with E-state index in [4.69, 9.17) is 9.72 Å². The molecular formula is C50H45N3O. The van der Waals surface area contributed by atoms with Crippen LogP contribution in [0.15, 0.2) is 188 Å². The van der Waals surface area contributed by atoms with E-state index in [0.717, 1.165) is 63.5 Å². The standard InChI is InChI=1S/C33H25N3.C15H14O.C2H6/c1-3-11-24(12-4-1)36(25-13-5-2-6-14-25)26-21-19-23(20-22-26)33-34-31-29-17-9-7-15-27(29)28-16-8-10-18-30(28)32(31)35-33;1-2-13-8-10-14(11-9-13)12-16-15-6-4-3-5-7-15;1-2/h1,3-5,7-22H,2,6H2,(H,34,35);2-11H,1,12H2;1-2H3. The summed E-state index contributed by atoms with van der Waals surface area (Å²) in [6.45, 7) is 8.32. The molecule has 4 nitrogen and oxygen atoms in total. The predicted octanol–water partition coefficient (Wildman–Crippen LogP) is 13.8. The molecular weight excluding hydrogens is 659 g/mol. The van der Waals surface area contributed by atoms with Crippen LogP contribution in [0.25, 0.3) is 50.0 Å². The van der Waals surface area contributed by atoms with Crippen LogP contribution in [0.4, 0.5) is 11.4 Å². The van der Waals surface area contributed by atoms with E-state index in [1.807, 2.05) is 62.4 Å². The molecule has 0 amide bonds. The summed E-state index contributed by atoms with van der Waals surface area (Å²) >= 11 is 0. The highest BCUT2D eigenvalue weighted by Crippen LogP contribution is 2.37. The number of rotatable bonds is 8. The number of benzene rings is 7. The Morgan fingerprint density at radius 2 is 1.24 bits per heavy atom. The van der Waals surface area contributed by atoms with Gasteiger partial charge < -0.3 is 14.6 Å². The van der Waals surface area contributed by atoms with Crippen LogP contribution in [0.2, 0.25) is 0 Å².